The Morgan fingerprint density at radius 3 is 2.25 bits per heavy atom. The van der Waals surface area contributed by atoms with Crippen molar-refractivity contribution in [3.05, 3.63) is 90.3 Å². The molecule has 0 radical (unpaired) electrons. The van der Waals surface area contributed by atoms with E-state index in [-0.39, 0.29) is 5.91 Å². The van der Waals surface area contributed by atoms with Crippen molar-refractivity contribution < 1.29 is 4.79 Å². The topological polar surface area (TPSA) is 42.0 Å². The van der Waals surface area contributed by atoms with Crippen molar-refractivity contribution in [2.75, 3.05) is 6.54 Å². The predicted molar refractivity (Wildman–Crippen MR) is 96.5 cm³/mol. The lowest BCUT2D eigenvalue weighted by molar-refractivity contribution is -0.120. The summed E-state index contributed by atoms with van der Waals surface area (Å²) in [5.41, 5.74) is 4.36. The lowest BCUT2D eigenvalue weighted by Crippen LogP contribution is -2.27. The summed E-state index contributed by atoms with van der Waals surface area (Å²) in [6.07, 6.45) is 2.92. The minimum Gasteiger partial charge on any atom is -0.355 e. The second-order valence-electron chi connectivity index (χ2n) is 5.66. The van der Waals surface area contributed by atoms with Gasteiger partial charge in [-0.05, 0) is 28.8 Å². The summed E-state index contributed by atoms with van der Waals surface area (Å²) in [5.74, 6) is 0.0402. The van der Waals surface area contributed by atoms with Gasteiger partial charge in [0.2, 0.25) is 5.91 Å². The van der Waals surface area contributed by atoms with E-state index >= 15 is 0 Å². The fourth-order valence-corrected chi connectivity index (χ4v) is 2.57. The third-order valence-corrected chi connectivity index (χ3v) is 3.86. The van der Waals surface area contributed by atoms with Crippen molar-refractivity contribution in [1.82, 2.24) is 10.3 Å². The normalized spacial score (nSPS) is 10.3. The minimum absolute atomic E-state index is 0.0402. The van der Waals surface area contributed by atoms with E-state index in [9.17, 15) is 4.79 Å². The van der Waals surface area contributed by atoms with Gasteiger partial charge in [0.1, 0.15) is 0 Å². The van der Waals surface area contributed by atoms with Crippen molar-refractivity contribution >= 4 is 5.91 Å². The van der Waals surface area contributed by atoms with Gasteiger partial charge in [-0.25, -0.2) is 0 Å². The highest BCUT2D eigenvalue weighted by Gasteiger charge is 2.04. The number of pyridine rings is 1. The average molecular weight is 316 g/mol. The number of aromatic nitrogens is 1. The first kappa shape index (κ1) is 15.9. The molecule has 3 rings (SSSR count). The smallest absolute Gasteiger partial charge is 0.224 e. The monoisotopic (exact) mass is 316 g/mol. The summed E-state index contributed by atoms with van der Waals surface area (Å²) < 4.78 is 0. The fourth-order valence-electron chi connectivity index (χ4n) is 2.57. The molecule has 120 valence electrons. The van der Waals surface area contributed by atoms with Gasteiger partial charge in [-0.1, -0.05) is 60.7 Å². The average Bonchev–Trinajstić information content (AvgIpc) is 2.64. The van der Waals surface area contributed by atoms with E-state index in [0.29, 0.717) is 13.0 Å². The Hall–Kier alpha value is -2.94. The zero-order valence-corrected chi connectivity index (χ0v) is 13.5. The quantitative estimate of drug-likeness (QED) is 0.754. The zero-order chi connectivity index (χ0) is 16.6. The molecule has 0 spiro atoms. The number of carbonyl (C=O) groups is 1. The molecule has 0 saturated carbocycles. The Bertz CT molecular complexity index is 768. The summed E-state index contributed by atoms with van der Waals surface area (Å²) in [6, 6.07) is 24.2. The van der Waals surface area contributed by atoms with Gasteiger partial charge >= 0.3 is 0 Å². The second-order valence-corrected chi connectivity index (χ2v) is 5.66. The van der Waals surface area contributed by atoms with Crippen LogP contribution in [-0.4, -0.2) is 17.4 Å². The Kier molecular flexibility index (Phi) is 5.36. The van der Waals surface area contributed by atoms with E-state index in [2.05, 4.69) is 34.6 Å². The highest BCUT2D eigenvalue weighted by atomic mass is 16.1. The van der Waals surface area contributed by atoms with E-state index in [1.807, 2.05) is 48.5 Å². The Morgan fingerprint density at radius 1 is 0.833 bits per heavy atom. The van der Waals surface area contributed by atoms with Crippen LogP contribution in [0.3, 0.4) is 0 Å². The maximum absolute atomic E-state index is 12.0. The lowest BCUT2D eigenvalue weighted by atomic mass is 10.0. The van der Waals surface area contributed by atoms with Crippen LogP contribution >= 0.6 is 0 Å². The number of hydrogen-bond donors (Lipinski definition) is 1. The molecule has 3 aromatic rings. The number of rotatable bonds is 6. The standard InChI is InChI=1S/C21H20N2O/c24-21(23-15-13-20-8-4-5-14-22-20)16-17-9-11-19(12-10-17)18-6-2-1-3-7-18/h1-12,14H,13,15-16H2,(H,23,24). The largest absolute Gasteiger partial charge is 0.355 e. The lowest BCUT2D eigenvalue weighted by Gasteiger charge is -2.06. The Balaban J connectivity index is 1.49. The molecule has 1 heterocycles. The van der Waals surface area contributed by atoms with Crippen LogP contribution in [0.4, 0.5) is 0 Å². The molecule has 0 atom stereocenters. The maximum Gasteiger partial charge on any atom is 0.224 e. The summed E-state index contributed by atoms with van der Waals surface area (Å²) in [5, 5.41) is 2.95. The van der Waals surface area contributed by atoms with Crippen molar-refractivity contribution in [2.24, 2.45) is 0 Å². The Morgan fingerprint density at radius 2 is 1.54 bits per heavy atom. The number of benzene rings is 2. The molecule has 0 aliphatic heterocycles. The third kappa shape index (κ3) is 4.53. The first-order chi connectivity index (χ1) is 11.8. The van der Waals surface area contributed by atoms with Gasteiger partial charge in [0.15, 0.2) is 0 Å². The van der Waals surface area contributed by atoms with Crippen molar-refractivity contribution in [1.29, 1.82) is 0 Å². The molecule has 1 amide bonds. The van der Waals surface area contributed by atoms with Gasteiger partial charge in [-0.2, -0.15) is 0 Å². The summed E-state index contributed by atoms with van der Waals surface area (Å²) in [6.45, 7) is 0.609. The van der Waals surface area contributed by atoms with E-state index in [1.54, 1.807) is 6.20 Å². The molecule has 0 saturated heterocycles. The van der Waals surface area contributed by atoms with Crippen molar-refractivity contribution in [2.45, 2.75) is 12.8 Å². The highest BCUT2D eigenvalue weighted by molar-refractivity contribution is 5.78. The number of hydrogen-bond acceptors (Lipinski definition) is 2. The third-order valence-electron chi connectivity index (χ3n) is 3.86. The van der Waals surface area contributed by atoms with Gasteiger partial charge in [0, 0.05) is 24.9 Å². The number of nitrogens with zero attached hydrogens (tertiary/aromatic N) is 1. The SMILES string of the molecule is O=C(Cc1ccc(-c2ccccc2)cc1)NCCc1ccccn1. The number of amides is 1. The molecule has 0 aliphatic carbocycles. The second kappa shape index (κ2) is 8.06. The minimum atomic E-state index is 0.0402. The molecule has 0 unspecified atom stereocenters. The molecular formula is C21H20N2O. The van der Waals surface area contributed by atoms with Crippen LogP contribution in [0.15, 0.2) is 79.0 Å². The Labute approximate surface area is 142 Å². The van der Waals surface area contributed by atoms with Crippen LogP contribution < -0.4 is 5.32 Å². The van der Waals surface area contributed by atoms with Gasteiger partial charge in [0.05, 0.1) is 6.42 Å². The van der Waals surface area contributed by atoms with Crippen LogP contribution in [0.5, 0.6) is 0 Å². The van der Waals surface area contributed by atoms with Crippen LogP contribution in [0.1, 0.15) is 11.3 Å². The van der Waals surface area contributed by atoms with Gasteiger partial charge in [-0.15, -0.1) is 0 Å². The van der Waals surface area contributed by atoms with Crippen LogP contribution in [0, 0.1) is 0 Å². The number of carbonyl (C=O) groups excluding carboxylic acids is 1. The summed E-state index contributed by atoms with van der Waals surface area (Å²) in [7, 11) is 0. The zero-order valence-electron chi connectivity index (χ0n) is 13.5. The molecule has 0 aliphatic rings. The van der Waals surface area contributed by atoms with Crippen LogP contribution in [0.25, 0.3) is 11.1 Å². The number of nitrogens with one attached hydrogen (secondary N) is 1. The van der Waals surface area contributed by atoms with E-state index in [0.717, 1.165) is 23.2 Å². The molecule has 24 heavy (non-hydrogen) atoms. The molecule has 0 bridgehead atoms. The van der Waals surface area contributed by atoms with Gasteiger partial charge in [0.25, 0.3) is 0 Å². The molecule has 2 aromatic carbocycles. The molecule has 3 nitrogen and oxygen atoms in total. The van der Waals surface area contributed by atoms with E-state index in [4.69, 9.17) is 0 Å². The summed E-state index contributed by atoms with van der Waals surface area (Å²) >= 11 is 0. The van der Waals surface area contributed by atoms with Crippen LogP contribution in [-0.2, 0) is 17.6 Å². The molecule has 3 heteroatoms. The predicted octanol–water partition coefficient (Wildman–Crippen LogP) is 3.65. The molecule has 0 fully saturated rings. The van der Waals surface area contributed by atoms with E-state index < -0.39 is 0 Å². The molecular weight excluding hydrogens is 296 g/mol. The van der Waals surface area contributed by atoms with Crippen LogP contribution in [0.2, 0.25) is 0 Å². The molecule has 1 aromatic heterocycles. The van der Waals surface area contributed by atoms with Crippen molar-refractivity contribution in [3.8, 4) is 11.1 Å². The fraction of sp³-hybridized carbons (Fsp3) is 0.143. The first-order valence-corrected chi connectivity index (χ1v) is 8.12. The summed E-state index contributed by atoms with van der Waals surface area (Å²) in [4.78, 5) is 16.3. The highest BCUT2D eigenvalue weighted by Crippen LogP contribution is 2.19. The van der Waals surface area contributed by atoms with E-state index in [1.165, 1.54) is 5.56 Å². The maximum atomic E-state index is 12.0. The first-order valence-electron chi connectivity index (χ1n) is 8.12. The van der Waals surface area contributed by atoms with Gasteiger partial charge in [-0.3, -0.25) is 9.78 Å². The molecule has 1 N–H and O–H groups in total. The van der Waals surface area contributed by atoms with Gasteiger partial charge < -0.3 is 5.32 Å². The van der Waals surface area contributed by atoms with Crippen molar-refractivity contribution in [3.63, 3.8) is 0 Å².